The molecule has 2 amide bonds. The van der Waals surface area contributed by atoms with Crippen LogP contribution >= 0.6 is 0 Å². The van der Waals surface area contributed by atoms with Crippen molar-refractivity contribution in [3.8, 4) is 6.07 Å². The van der Waals surface area contributed by atoms with Crippen LogP contribution in [0.2, 0.25) is 0 Å². The van der Waals surface area contributed by atoms with Gasteiger partial charge in [0.1, 0.15) is 5.70 Å². The molecule has 5 heteroatoms. The summed E-state index contributed by atoms with van der Waals surface area (Å²) in [6.45, 7) is 7.89. The Morgan fingerprint density at radius 3 is 2.07 bits per heavy atom. The number of carbonyl (C=O) groups is 2. The molecule has 2 atom stereocenters. The Balaban J connectivity index is 1.81. The van der Waals surface area contributed by atoms with Gasteiger partial charge in [-0.15, -0.1) is 0 Å². The van der Waals surface area contributed by atoms with Gasteiger partial charge in [-0.1, -0.05) is 43.7 Å². The summed E-state index contributed by atoms with van der Waals surface area (Å²) in [5, 5.41) is 9.06. The van der Waals surface area contributed by atoms with E-state index in [-0.39, 0.29) is 11.8 Å². The number of hydrogen-bond donors (Lipinski definition) is 0. The van der Waals surface area contributed by atoms with Gasteiger partial charge >= 0.3 is 0 Å². The van der Waals surface area contributed by atoms with Gasteiger partial charge in [0, 0.05) is 13.1 Å². The molecule has 0 spiro atoms. The highest BCUT2D eigenvalue weighted by atomic mass is 16.2. The third-order valence-electron chi connectivity index (χ3n) is 5.84. The summed E-state index contributed by atoms with van der Waals surface area (Å²) < 4.78 is 0. The van der Waals surface area contributed by atoms with Crippen LogP contribution in [-0.2, 0) is 9.59 Å². The minimum atomic E-state index is -0.311. The van der Waals surface area contributed by atoms with Crippen LogP contribution < -0.4 is 4.90 Å². The zero-order valence-electron chi connectivity index (χ0n) is 17.6. The summed E-state index contributed by atoms with van der Waals surface area (Å²) in [5.41, 5.74) is 3.79. The molecule has 0 N–H and O–H groups in total. The van der Waals surface area contributed by atoms with Crippen LogP contribution in [0.1, 0.15) is 37.0 Å². The first-order chi connectivity index (χ1) is 14.4. The van der Waals surface area contributed by atoms with E-state index >= 15 is 0 Å². The normalized spacial score (nSPS) is 21.9. The molecular weight excluding hydrogens is 374 g/mol. The van der Waals surface area contributed by atoms with E-state index in [1.54, 1.807) is 24.3 Å². The molecule has 2 aromatic rings. The van der Waals surface area contributed by atoms with Gasteiger partial charge in [0.2, 0.25) is 0 Å². The summed E-state index contributed by atoms with van der Waals surface area (Å²) in [6.07, 6.45) is 1.12. The number of nitriles is 1. The SMILES string of the molecule is Cc1ccc(C2=C(N3CC(C)CC(C)C3)C(=O)N(c3ccc(C#N)cc3)C2=O)cc1. The minimum Gasteiger partial charge on any atom is -0.366 e. The highest BCUT2D eigenvalue weighted by molar-refractivity contribution is 6.45. The van der Waals surface area contributed by atoms with Crippen molar-refractivity contribution in [2.45, 2.75) is 27.2 Å². The fourth-order valence-electron chi connectivity index (χ4n) is 4.56. The lowest BCUT2D eigenvalue weighted by molar-refractivity contribution is -0.120. The Bertz CT molecular complexity index is 1050. The van der Waals surface area contributed by atoms with Gasteiger partial charge in [-0.2, -0.15) is 5.26 Å². The number of aryl methyl sites for hydroxylation is 1. The summed E-state index contributed by atoms with van der Waals surface area (Å²) in [6, 6.07) is 16.4. The molecule has 2 aromatic carbocycles. The number of rotatable bonds is 3. The number of likely N-dealkylation sites (tertiary alicyclic amines) is 1. The third kappa shape index (κ3) is 3.50. The fraction of sp³-hybridized carbons (Fsp3) is 0.320. The van der Waals surface area contributed by atoms with Crippen LogP contribution in [0.3, 0.4) is 0 Å². The van der Waals surface area contributed by atoms with Crippen molar-refractivity contribution in [2.75, 3.05) is 18.0 Å². The number of imide groups is 1. The summed E-state index contributed by atoms with van der Waals surface area (Å²) >= 11 is 0. The van der Waals surface area contributed by atoms with Crippen molar-refractivity contribution in [1.82, 2.24) is 4.90 Å². The molecule has 0 saturated carbocycles. The van der Waals surface area contributed by atoms with Crippen LogP contribution in [0.4, 0.5) is 5.69 Å². The molecule has 0 bridgehead atoms. The lowest BCUT2D eigenvalue weighted by atomic mass is 9.91. The summed E-state index contributed by atoms with van der Waals surface area (Å²) in [4.78, 5) is 30.4. The van der Waals surface area contributed by atoms with Crippen molar-refractivity contribution in [3.05, 3.63) is 70.9 Å². The third-order valence-corrected chi connectivity index (χ3v) is 5.84. The molecule has 0 aromatic heterocycles. The van der Waals surface area contributed by atoms with Gasteiger partial charge in [-0.3, -0.25) is 9.59 Å². The van der Waals surface area contributed by atoms with Crippen molar-refractivity contribution in [1.29, 1.82) is 5.26 Å². The Labute approximate surface area is 177 Å². The molecule has 30 heavy (non-hydrogen) atoms. The van der Waals surface area contributed by atoms with E-state index in [1.165, 1.54) is 4.90 Å². The van der Waals surface area contributed by atoms with Crippen molar-refractivity contribution >= 4 is 23.1 Å². The van der Waals surface area contributed by atoms with Gasteiger partial charge in [0.05, 0.1) is 22.9 Å². The largest absolute Gasteiger partial charge is 0.366 e. The summed E-state index contributed by atoms with van der Waals surface area (Å²) in [7, 11) is 0. The van der Waals surface area contributed by atoms with Crippen molar-refractivity contribution < 1.29 is 9.59 Å². The van der Waals surface area contributed by atoms with Crippen LogP contribution in [0, 0.1) is 30.1 Å². The average Bonchev–Trinajstić information content (AvgIpc) is 2.98. The highest BCUT2D eigenvalue weighted by Crippen LogP contribution is 2.37. The van der Waals surface area contributed by atoms with E-state index in [0.717, 1.165) is 30.6 Å². The van der Waals surface area contributed by atoms with Crippen LogP contribution in [0.15, 0.2) is 54.2 Å². The zero-order valence-corrected chi connectivity index (χ0v) is 17.6. The standard InChI is InChI=1S/C25H25N3O2/c1-16-4-8-20(9-5-16)22-23(27-14-17(2)12-18(3)15-27)25(30)28(24(22)29)21-10-6-19(13-26)7-11-21/h4-11,17-18H,12,14-15H2,1-3H3. The number of nitrogens with zero attached hydrogens (tertiary/aromatic N) is 3. The van der Waals surface area contributed by atoms with E-state index in [9.17, 15) is 9.59 Å². The Kier molecular flexibility index (Phi) is 5.17. The maximum Gasteiger partial charge on any atom is 0.282 e. The van der Waals surface area contributed by atoms with E-state index in [2.05, 4.69) is 24.8 Å². The number of amides is 2. The van der Waals surface area contributed by atoms with Crippen molar-refractivity contribution in [2.24, 2.45) is 11.8 Å². The van der Waals surface area contributed by atoms with Gasteiger partial charge in [0.15, 0.2) is 0 Å². The number of hydrogen-bond acceptors (Lipinski definition) is 4. The molecule has 4 rings (SSSR count). The van der Waals surface area contributed by atoms with E-state index in [4.69, 9.17) is 5.26 Å². The first-order valence-electron chi connectivity index (χ1n) is 10.3. The molecule has 2 unspecified atom stereocenters. The number of anilines is 1. The molecule has 1 saturated heterocycles. The second-order valence-corrected chi connectivity index (χ2v) is 8.55. The molecule has 0 radical (unpaired) electrons. The second kappa shape index (κ2) is 7.79. The van der Waals surface area contributed by atoms with Gasteiger partial charge in [0.25, 0.3) is 11.8 Å². The maximum absolute atomic E-state index is 13.6. The first-order valence-corrected chi connectivity index (χ1v) is 10.3. The average molecular weight is 399 g/mol. The maximum atomic E-state index is 13.6. The quantitative estimate of drug-likeness (QED) is 0.728. The fourth-order valence-corrected chi connectivity index (χ4v) is 4.56. The highest BCUT2D eigenvalue weighted by Gasteiger charge is 2.43. The van der Waals surface area contributed by atoms with E-state index < -0.39 is 0 Å². The molecule has 152 valence electrons. The van der Waals surface area contributed by atoms with Gasteiger partial charge < -0.3 is 4.90 Å². The van der Waals surface area contributed by atoms with E-state index in [0.29, 0.717) is 34.4 Å². The topological polar surface area (TPSA) is 64.4 Å². The molecule has 2 aliphatic rings. The number of carbonyl (C=O) groups excluding carboxylic acids is 2. The lowest BCUT2D eigenvalue weighted by Gasteiger charge is -2.37. The Hall–Kier alpha value is -3.39. The number of piperidine rings is 1. The zero-order chi connectivity index (χ0) is 21.4. The van der Waals surface area contributed by atoms with Crippen molar-refractivity contribution in [3.63, 3.8) is 0 Å². The molecular formula is C25H25N3O2. The van der Waals surface area contributed by atoms with Gasteiger partial charge in [-0.25, -0.2) is 4.90 Å². The second-order valence-electron chi connectivity index (χ2n) is 8.55. The lowest BCUT2D eigenvalue weighted by Crippen LogP contribution is -2.42. The predicted molar refractivity (Wildman–Crippen MR) is 116 cm³/mol. The molecule has 2 heterocycles. The minimum absolute atomic E-state index is 0.290. The summed E-state index contributed by atoms with van der Waals surface area (Å²) in [5.74, 6) is 0.302. The molecule has 5 nitrogen and oxygen atoms in total. The Morgan fingerprint density at radius 2 is 1.50 bits per heavy atom. The van der Waals surface area contributed by atoms with Gasteiger partial charge in [-0.05, 0) is 55.0 Å². The first kappa shape index (κ1) is 19.9. The molecule has 0 aliphatic carbocycles. The van der Waals surface area contributed by atoms with Crippen LogP contribution in [0.25, 0.3) is 5.57 Å². The Morgan fingerprint density at radius 1 is 0.900 bits per heavy atom. The van der Waals surface area contributed by atoms with Crippen LogP contribution in [-0.4, -0.2) is 29.8 Å². The smallest absolute Gasteiger partial charge is 0.282 e. The molecule has 2 aliphatic heterocycles. The predicted octanol–water partition coefficient (Wildman–Crippen LogP) is 4.13. The molecule has 1 fully saturated rings. The van der Waals surface area contributed by atoms with Crippen LogP contribution in [0.5, 0.6) is 0 Å². The number of benzene rings is 2. The van der Waals surface area contributed by atoms with E-state index in [1.807, 2.05) is 31.2 Å². The monoisotopic (exact) mass is 399 g/mol.